The monoisotopic (exact) mass is 468 g/mol. The van der Waals surface area contributed by atoms with Crippen LogP contribution in [0.15, 0.2) is 47.4 Å². The molecular weight excluding hydrogens is 443 g/mol. The minimum Gasteiger partial charge on any atom is -0.492 e. The molecule has 2 aromatic rings. The van der Waals surface area contributed by atoms with Crippen molar-refractivity contribution >= 4 is 27.5 Å². The third-order valence-corrected chi connectivity index (χ3v) is 7.58. The third kappa shape index (κ3) is 5.56. The van der Waals surface area contributed by atoms with Gasteiger partial charge in [0.25, 0.3) is 0 Å². The first-order valence-electron chi connectivity index (χ1n) is 10.2. The van der Waals surface area contributed by atoms with Crippen molar-refractivity contribution in [2.24, 2.45) is 5.92 Å². The van der Waals surface area contributed by atoms with E-state index in [1.807, 2.05) is 13.8 Å². The van der Waals surface area contributed by atoms with Gasteiger partial charge in [-0.2, -0.15) is 4.31 Å². The van der Waals surface area contributed by atoms with E-state index in [2.05, 4.69) is 5.32 Å². The van der Waals surface area contributed by atoms with Crippen LogP contribution in [-0.4, -0.2) is 38.3 Å². The largest absolute Gasteiger partial charge is 0.492 e. The lowest BCUT2D eigenvalue weighted by Gasteiger charge is -2.31. The van der Waals surface area contributed by atoms with Crippen LogP contribution in [0.4, 0.5) is 4.39 Å². The van der Waals surface area contributed by atoms with Gasteiger partial charge in [0.2, 0.25) is 15.9 Å². The van der Waals surface area contributed by atoms with Crippen molar-refractivity contribution in [3.05, 3.63) is 58.9 Å². The molecule has 0 spiro atoms. The maximum absolute atomic E-state index is 13.1. The molecule has 1 aliphatic heterocycles. The molecule has 1 N–H and O–H groups in total. The molecule has 1 saturated heterocycles. The molecule has 1 amide bonds. The summed E-state index contributed by atoms with van der Waals surface area (Å²) in [7, 11) is -3.71. The highest BCUT2D eigenvalue weighted by Gasteiger charge is 2.32. The Labute approximate surface area is 187 Å². The molecule has 1 fully saturated rings. The predicted molar refractivity (Wildman–Crippen MR) is 117 cm³/mol. The summed E-state index contributed by atoms with van der Waals surface area (Å²) in [6.45, 7) is 4.58. The van der Waals surface area contributed by atoms with Crippen LogP contribution in [0.2, 0.25) is 5.02 Å². The molecule has 0 bridgehead atoms. The number of halogens is 2. The van der Waals surface area contributed by atoms with Crippen LogP contribution in [-0.2, 0) is 14.8 Å². The molecule has 2 aromatic carbocycles. The summed E-state index contributed by atoms with van der Waals surface area (Å²) in [5.74, 6) is -0.297. The molecule has 0 unspecified atom stereocenters. The molecule has 31 heavy (non-hydrogen) atoms. The Morgan fingerprint density at radius 3 is 2.45 bits per heavy atom. The van der Waals surface area contributed by atoms with Gasteiger partial charge in [0.15, 0.2) is 0 Å². The van der Waals surface area contributed by atoms with Crippen molar-refractivity contribution in [2.75, 3.05) is 19.7 Å². The Morgan fingerprint density at radius 1 is 1.23 bits per heavy atom. The summed E-state index contributed by atoms with van der Waals surface area (Å²) in [6.07, 6.45) is 0.845. The number of hydrogen-bond acceptors (Lipinski definition) is 4. The first-order chi connectivity index (χ1) is 14.7. The van der Waals surface area contributed by atoms with Crippen molar-refractivity contribution < 1.29 is 22.3 Å². The summed E-state index contributed by atoms with van der Waals surface area (Å²) in [6, 6.07) is 10.1. The lowest BCUT2D eigenvalue weighted by molar-refractivity contribution is -0.126. The number of ether oxygens (including phenoxy) is 1. The zero-order chi connectivity index (χ0) is 22.6. The van der Waals surface area contributed by atoms with Crippen molar-refractivity contribution in [1.29, 1.82) is 0 Å². The zero-order valence-electron chi connectivity index (χ0n) is 17.5. The number of nitrogens with one attached hydrogen (secondary N) is 1. The van der Waals surface area contributed by atoms with Gasteiger partial charge in [0.05, 0.1) is 22.6 Å². The van der Waals surface area contributed by atoms with Gasteiger partial charge in [-0.3, -0.25) is 4.79 Å². The molecule has 0 aromatic heterocycles. The Kier molecular flexibility index (Phi) is 7.56. The van der Waals surface area contributed by atoms with Gasteiger partial charge in [-0.1, -0.05) is 23.7 Å². The smallest absolute Gasteiger partial charge is 0.243 e. The molecule has 3 rings (SSSR count). The highest BCUT2D eigenvalue weighted by atomic mass is 35.5. The van der Waals surface area contributed by atoms with Crippen LogP contribution >= 0.6 is 11.6 Å². The second kappa shape index (κ2) is 9.97. The number of piperidine rings is 1. The average Bonchev–Trinajstić information content (AvgIpc) is 2.75. The standard InChI is InChI=1S/C22H26ClFN2O4S/c1-3-30-21-9-8-19(14-20(21)23)31(28,29)26-12-10-17(11-13-26)22(27)25-15(2)16-4-6-18(24)7-5-16/h4-9,14-15,17H,3,10-13H2,1-2H3,(H,25,27)/t15-/m0/s1. The van der Waals surface area contributed by atoms with Gasteiger partial charge in [-0.25, -0.2) is 12.8 Å². The van der Waals surface area contributed by atoms with Gasteiger partial charge >= 0.3 is 0 Å². The van der Waals surface area contributed by atoms with Gasteiger partial charge in [0, 0.05) is 19.0 Å². The molecule has 9 heteroatoms. The lowest BCUT2D eigenvalue weighted by Crippen LogP contribution is -2.43. The van der Waals surface area contributed by atoms with E-state index in [0.717, 1.165) is 5.56 Å². The maximum atomic E-state index is 13.1. The fourth-order valence-corrected chi connectivity index (χ4v) is 5.38. The fraction of sp³-hybridized carbons (Fsp3) is 0.409. The van der Waals surface area contributed by atoms with Crippen LogP contribution in [0.25, 0.3) is 0 Å². The molecule has 6 nitrogen and oxygen atoms in total. The number of hydrogen-bond donors (Lipinski definition) is 1. The number of sulfonamides is 1. The second-order valence-corrected chi connectivity index (χ2v) is 9.83. The van der Waals surface area contributed by atoms with E-state index in [1.54, 1.807) is 18.2 Å². The van der Waals surface area contributed by atoms with E-state index in [-0.39, 0.29) is 46.7 Å². The van der Waals surface area contributed by atoms with Crippen molar-refractivity contribution in [1.82, 2.24) is 9.62 Å². The van der Waals surface area contributed by atoms with Gasteiger partial charge in [-0.15, -0.1) is 0 Å². The molecule has 1 atom stereocenters. The van der Waals surface area contributed by atoms with E-state index in [0.29, 0.717) is 25.2 Å². The summed E-state index contributed by atoms with van der Waals surface area (Å²) < 4.78 is 45.8. The minimum absolute atomic E-state index is 0.105. The minimum atomic E-state index is -3.71. The van der Waals surface area contributed by atoms with Crippen LogP contribution in [0.3, 0.4) is 0 Å². The summed E-state index contributed by atoms with van der Waals surface area (Å²) in [5.41, 5.74) is 0.808. The van der Waals surface area contributed by atoms with E-state index in [1.165, 1.54) is 28.6 Å². The molecule has 0 saturated carbocycles. The van der Waals surface area contributed by atoms with Crippen LogP contribution in [0, 0.1) is 11.7 Å². The van der Waals surface area contributed by atoms with Gasteiger partial charge in [0.1, 0.15) is 11.6 Å². The zero-order valence-corrected chi connectivity index (χ0v) is 19.0. The van der Waals surface area contributed by atoms with Crippen molar-refractivity contribution in [3.63, 3.8) is 0 Å². The summed E-state index contributed by atoms with van der Waals surface area (Å²) in [5, 5.41) is 3.18. The molecule has 0 radical (unpaired) electrons. The highest BCUT2D eigenvalue weighted by molar-refractivity contribution is 7.89. The Hall–Kier alpha value is -2.16. The Morgan fingerprint density at radius 2 is 1.87 bits per heavy atom. The number of carbonyl (C=O) groups excluding carboxylic acids is 1. The normalized spacial score (nSPS) is 16.6. The quantitative estimate of drug-likeness (QED) is 0.662. The Bertz CT molecular complexity index is 1020. The van der Waals surface area contributed by atoms with Crippen LogP contribution in [0.1, 0.15) is 38.3 Å². The summed E-state index contributed by atoms with van der Waals surface area (Å²) >= 11 is 6.14. The third-order valence-electron chi connectivity index (χ3n) is 5.39. The van der Waals surface area contributed by atoms with Gasteiger partial charge < -0.3 is 10.1 Å². The fourth-order valence-electron chi connectivity index (χ4n) is 3.59. The van der Waals surface area contributed by atoms with E-state index in [9.17, 15) is 17.6 Å². The lowest BCUT2D eigenvalue weighted by atomic mass is 9.96. The first kappa shape index (κ1) is 23.5. The first-order valence-corrected chi connectivity index (χ1v) is 12.0. The number of carbonyl (C=O) groups is 1. The second-order valence-electron chi connectivity index (χ2n) is 7.49. The van der Waals surface area contributed by atoms with Gasteiger partial charge in [-0.05, 0) is 62.6 Å². The number of rotatable bonds is 7. The SMILES string of the molecule is CCOc1ccc(S(=O)(=O)N2CCC(C(=O)N[C@@H](C)c3ccc(F)cc3)CC2)cc1Cl. The molecule has 1 aliphatic rings. The molecular formula is C22H26ClFN2O4S. The number of nitrogens with zero attached hydrogens (tertiary/aromatic N) is 1. The van der Waals surface area contributed by atoms with Crippen molar-refractivity contribution in [3.8, 4) is 5.75 Å². The molecule has 0 aliphatic carbocycles. The Balaban J connectivity index is 1.59. The maximum Gasteiger partial charge on any atom is 0.243 e. The number of benzene rings is 2. The highest BCUT2D eigenvalue weighted by Crippen LogP contribution is 2.30. The summed E-state index contributed by atoms with van der Waals surface area (Å²) in [4.78, 5) is 12.7. The molecule has 168 valence electrons. The number of amides is 1. The molecule has 1 heterocycles. The van der Waals surface area contributed by atoms with Crippen molar-refractivity contribution in [2.45, 2.75) is 37.6 Å². The van der Waals surface area contributed by atoms with Crippen LogP contribution < -0.4 is 10.1 Å². The van der Waals surface area contributed by atoms with E-state index >= 15 is 0 Å². The van der Waals surface area contributed by atoms with Crippen LogP contribution in [0.5, 0.6) is 5.75 Å². The topological polar surface area (TPSA) is 75.7 Å². The predicted octanol–water partition coefficient (Wildman–Crippen LogP) is 4.16. The average molecular weight is 469 g/mol. The van der Waals surface area contributed by atoms with E-state index in [4.69, 9.17) is 16.3 Å². The van der Waals surface area contributed by atoms with E-state index < -0.39 is 10.0 Å².